The van der Waals surface area contributed by atoms with Crippen LogP contribution in [0.2, 0.25) is 0 Å². The molecule has 6 heteroatoms. The van der Waals surface area contributed by atoms with Crippen LogP contribution in [0, 0.1) is 0 Å². The first-order valence-corrected chi connectivity index (χ1v) is 7.29. The molecule has 2 unspecified atom stereocenters. The minimum Gasteiger partial charge on any atom is -0.371 e. The summed E-state index contributed by atoms with van der Waals surface area (Å²) >= 11 is 0. The monoisotopic (exact) mass is 296 g/mol. The van der Waals surface area contributed by atoms with E-state index in [2.05, 4.69) is 37.9 Å². The summed E-state index contributed by atoms with van der Waals surface area (Å²) in [4.78, 5) is 2.27. The van der Waals surface area contributed by atoms with Gasteiger partial charge >= 0.3 is 6.18 Å². The SMILES string of the molecule is CCC1(C)CN(CCOCC(F)(F)F)C(C)(CC)CN1. The van der Waals surface area contributed by atoms with Gasteiger partial charge in [0.25, 0.3) is 0 Å². The normalized spacial score (nSPS) is 32.5. The van der Waals surface area contributed by atoms with E-state index in [1.54, 1.807) is 0 Å². The van der Waals surface area contributed by atoms with E-state index in [9.17, 15) is 13.2 Å². The van der Waals surface area contributed by atoms with Gasteiger partial charge in [-0.15, -0.1) is 0 Å². The Morgan fingerprint density at radius 1 is 1.20 bits per heavy atom. The number of rotatable bonds is 6. The Kier molecular flexibility index (Phi) is 5.87. The van der Waals surface area contributed by atoms with Crippen LogP contribution in [0.1, 0.15) is 40.5 Å². The summed E-state index contributed by atoms with van der Waals surface area (Å²) in [5, 5.41) is 3.57. The highest BCUT2D eigenvalue weighted by Crippen LogP contribution is 2.28. The van der Waals surface area contributed by atoms with E-state index < -0.39 is 12.8 Å². The van der Waals surface area contributed by atoms with Gasteiger partial charge in [-0.05, 0) is 26.7 Å². The van der Waals surface area contributed by atoms with Crippen LogP contribution < -0.4 is 5.32 Å². The number of nitrogens with one attached hydrogen (secondary N) is 1. The van der Waals surface area contributed by atoms with Crippen molar-refractivity contribution in [2.75, 3.05) is 32.8 Å². The second-order valence-electron chi connectivity index (χ2n) is 6.21. The maximum absolute atomic E-state index is 12.1. The fourth-order valence-corrected chi connectivity index (χ4v) is 2.48. The minimum atomic E-state index is -4.24. The molecular formula is C14H27F3N2O. The third-order valence-corrected chi connectivity index (χ3v) is 4.51. The number of alkyl halides is 3. The van der Waals surface area contributed by atoms with Crippen molar-refractivity contribution in [3.63, 3.8) is 0 Å². The summed E-state index contributed by atoms with van der Waals surface area (Å²) in [5.74, 6) is 0. The lowest BCUT2D eigenvalue weighted by Crippen LogP contribution is -2.68. The van der Waals surface area contributed by atoms with E-state index in [1.807, 2.05) is 0 Å². The zero-order chi connectivity index (χ0) is 15.4. The maximum atomic E-state index is 12.1. The number of ether oxygens (including phenoxy) is 1. The van der Waals surface area contributed by atoms with E-state index in [1.165, 1.54) is 0 Å². The van der Waals surface area contributed by atoms with Gasteiger partial charge in [0.1, 0.15) is 6.61 Å². The molecule has 0 amide bonds. The molecule has 3 nitrogen and oxygen atoms in total. The third-order valence-electron chi connectivity index (χ3n) is 4.51. The molecule has 1 N–H and O–H groups in total. The highest BCUT2D eigenvalue weighted by atomic mass is 19.4. The Balaban J connectivity index is 2.53. The summed E-state index contributed by atoms with van der Waals surface area (Å²) in [5.41, 5.74) is 0.00891. The van der Waals surface area contributed by atoms with Crippen molar-refractivity contribution in [1.29, 1.82) is 0 Å². The third kappa shape index (κ3) is 4.90. The highest BCUT2D eigenvalue weighted by molar-refractivity contribution is 5.00. The molecule has 0 aromatic heterocycles. The molecule has 1 aliphatic rings. The molecule has 1 aliphatic heterocycles. The molecule has 0 spiro atoms. The molecule has 1 rings (SSSR count). The van der Waals surface area contributed by atoms with Crippen LogP contribution in [0.4, 0.5) is 13.2 Å². The average molecular weight is 296 g/mol. The number of halogens is 3. The van der Waals surface area contributed by atoms with Crippen molar-refractivity contribution >= 4 is 0 Å². The van der Waals surface area contributed by atoms with Gasteiger partial charge in [-0.1, -0.05) is 13.8 Å². The molecule has 0 bridgehead atoms. The molecule has 120 valence electrons. The molecule has 1 saturated heterocycles. The van der Waals surface area contributed by atoms with Crippen LogP contribution in [0.15, 0.2) is 0 Å². The molecule has 0 radical (unpaired) electrons. The van der Waals surface area contributed by atoms with Gasteiger partial charge in [-0.2, -0.15) is 13.2 Å². The predicted molar refractivity (Wildman–Crippen MR) is 73.8 cm³/mol. The van der Waals surface area contributed by atoms with Crippen molar-refractivity contribution in [3.8, 4) is 0 Å². The lowest BCUT2D eigenvalue weighted by molar-refractivity contribution is -0.175. The summed E-state index contributed by atoms with van der Waals surface area (Å²) < 4.78 is 41.0. The van der Waals surface area contributed by atoms with Crippen molar-refractivity contribution in [2.24, 2.45) is 0 Å². The lowest BCUT2D eigenvalue weighted by atomic mass is 9.86. The first-order valence-electron chi connectivity index (χ1n) is 7.29. The van der Waals surface area contributed by atoms with Crippen molar-refractivity contribution in [1.82, 2.24) is 10.2 Å². The van der Waals surface area contributed by atoms with Crippen molar-refractivity contribution in [2.45, 2.75) is 57.8 Å². The summed E-state index contributed by atoms with van der Waals surface area (Å²) in [6.07, 6.45) is -2.29. The van der Waals surface area contributed by atoms with E-state index in [-0.39, 0.29) is 17.7 Å². The van der Waals surface area contributed by atoms with Crippen LogP contribution in [-0.4, -0.2) is 55.0 Å². The highest BCUT2D eigenvalue weighted by Gasteiger charge is 2.40. The Labute approximate surface area is 119 Å². The van der Waals surface area contributed by atoms with Crippen LogP contribution in [0.5, 0.6) is 0 Å². The van der Waals surface area contributed by atoms with Crippen LogP contribution in [-0.2, 0) is 4.74 Å². The Bertz CT molecular complexity index is 311. The summed E-state index contributed by atoms with van der Waals surface area (Å²) in [6, 6.07) is 0. The topological polar surface area (TPSA) is 24.5 Å². The van der Waals surface area contributed by atoms with Gasteiger partial charge in [0.2, 0.25) is 0 Å². The Hall–Kier alpha value is -0.330. The van der Waals surface area contributed by atoms with Crippen molar-refractivity contribution < 1.29 is 17.9 Å². The average Bonchev–Trinajstić information content (AvgIpc) is 2.38. The van der Waals surface area contributed by atoms with Crippen LogP contribution in [0.25, 0.3) is 0 Å². The Morgan fingerprint density at radius 2 is 1.85 bits per heavy atom. The molecular weight excluding hydrogens is 269 g/mol. The summed E-state index contributed by atoms with van der Waals surface area (Å²) in [7, 11) is 0. The van der Waals surface area contributed by atoms with Crippen LogP contribution in [0.3, 0.4) is 0 Å². The largest absolute Gasteiger partial charge is 0.411 e. The second kappa shape index (κ2) is 6.62. The van der Waals surface area contributed by atoms with Gasteiger partial charge < -0.3 is 10.1 Å². The maximum Gasteiger partial charge on any atom is 0.411 e. The molecule has 1 heterocycles. The molecule has 0 aliphatic carbocycles. The zero-order valence-corrected chi connectivity index (χ0v) is 12.9. The molecule has 0 aromatic carbocycles. The first-order chi connectivity index (χ1) is 9.14. The smallest absolute Gasteiger partial charge is 0.371 e. The molecule has 1 fully saturated rings. The second-order valence-corrected chi connectivity index (χ2v) is 6.21. The van der Waals surface area contributed by atoms with Gasteiger partial charge in [0.15, 0.2) is 0 Å². The van der Waals surface area contributed by atoms with E-state index in [4.69, 9.17) is 4.74 Å². The molecule has 0 saturated carbocycles. The predicted octanol–water partition coefficient (Wildman–Crippen LogP) is 2.81. The molecule has 0 aromatic rings. The number of nitrogens with zero attached hydrogens (tertiary/aromatic N) is 1. The van der Waals surface area contributed by atoms with Gasteiger partial charge in [-0.3, -0.25) is 4.90 Å². The van der Waals surface area contributed by atoms with E-state index >= 15 is 0 Å². The van der Waals surface area contributed by atoms with Gasteiger partial charge in [-0.25, -0.2) is 0 Å². The van der Waals surface area contributed by atoms with Gasteiger partial charge in [0.05, 0.1) is 6.61 Å². The fourth-order valence-electron chi connectivity index (χ4n) is 2.48. The quantitative estimate of drug-likeness (QED) is 0.763. The van der Waals surface area contributed by atoms with Crippen LogP contribution >= 0.6 is 0 Å². The fraction of sp³-hybridized carbons (Fsp3) is 1.00. The standard InChI is InChI=1S/C14H27F3N2O/c1-5-12(3)10-19(13(4,6-2)9-18-12)7-8-20-11-14(15,16)17/h18H,5-11H2,1-4H3. The first kappa shape index (κ1) is 17.7. The number of piperazine rings is 1. The Morgan fingerprint density at radius 3 is 2.35 bits per heavy atom. The lowest BCUT2D eigenvalue weighted by Gasteiger charge is -2.52. The molecule has 20 heavy (non-hydrogen) atoms. The van der Waals surface area contributed by atoms with Crippen molar-refractivity contribution in [3.05, 3.63) is 0 Å². The molecule has 2 atom stereocenters. The van der Waals surface area contributed by atoms with Gasteiger partial charge in [0, 0.05) is 30.7 Å². The van der Waals surface area contributed by atoms with E-state index in [0.717, 1.165) is 25.9 Å². The number of hydrogen-bond donors (Lipinski definition) is 1. The number of hydrogen-bond acceptors (Lipinski definition) is 3. The van der Waals surface area contributed by atoms with E-state index in [0.29, 0.717) is 6.54 Å². The minimum absolute atomic E-state index is 0.0176. The zero-order valence-electron chi connectivity index (χ0n) is 12.9. The summed E-state index contributed by atoms with van der Waals surface area (Å²) in [6.45, 7) is 9.74.